The molecule has 0 aromatic carbocycles. The average Bonchev–Trinajstić information content (AvgIpc) is 2.88. The molecule has 20 heavy (non-hydrogen) atoms. The Labute approximate surface area is 121 Å². The standard InChI is InChI=1S/C13H24N2O4S/c1-14(20(2,18)19)9-5-6-12(16)7-8-13(17)15-10-3-4-11-15/h3-11H2,1-2H3. The molecular formula is C13H24N2O4S. The van der Waals surface area contributed by atoms with E-state index < -0.39 is 10.0 Å². The normalized spacial score (nSPS) is 15.8. The molecule has 0 aromatic rings. The maximum absolute atomic E-state index is 11.7. The highest BCUT2D eigenvalue weighted by atomic mass is 32.2. The number of likely N-dealkylation sites (tertiary alicyclic amines) is 1. The van der Waals surface area contributed by atoms with E-state index >= 15 is 0 Å². The van der Waals surface area contributed by atoms with Gasteiger partial charge in [-0.25, -0.2) is 12.7 Å². The Morgan fingerprint density at radius 2 is 1.70 bits per heavy atom. The summed E-state index contributed by atoms with van der Waals surface area (Å²) in [7, 11) is -1.68. The molecule has 1 rings (SSSR count). The molecule has 0 N–H and O–H groups in total. The molecule has 0 saturated carbocycles. The lowest BCUT2D eigenvalue weighted by Crippen LogP contribution is -2.28. The second-order valence-electron chi connectivity index (χ2n) is 5.31. The maximum atomic E-state index is 11.7. The van der Waals surface area contributed by atoms with E-state index in [4.69, 9.17) is 0 Å². The molecule has 0 unspecified atom stereocenters. The zero-order chi connectivity index (χ0) is 15.2. The van der Waals surface area contributed by atoms with E-state index in [0.29, 0.717) is 19.4 Å². The minimum absolute atomic E-state index is 0.0273. The van der Waals surface area contributed by atoms with Crippen molar-refractivity contribution in [1.29, 1.82) is 0 Å². The maximum Gasteiger partial charge on any atom is 0.223 e. The highest BCUT2D eigenvalue weighted by Crippen LogP contribution is 2.10. The van der Waals surface area contributed by atoms with Crippen LogP contribution in [0.1, 0.15) is 38.5 Å². The first-order valence-corrected chi connectivity index (χ1v) is 8.86. The van der Waals surface area contributed by atoms with Crippen molar-refractivity contribution in [2.75, 3.05) is 32.9 Å². The topological polar surface area (TPSA) is 74.8 Å². The van der Waals surface area contributed by atoms with Crippen molar-refractivity contribution >= 4 is 21.7 Å². The van der Waals surface area contributed by atoms with Crippen LogP contribution in [-0.2, 0) is 19.6 Å². The van der Waals surface area contributed by atoms with Gasteiger partial charge < -0.3 is 4.90 Å². The summed E-state index contributed by atoms with van der Waals surface area (Å²) >= 11 is 0. The molecule has 0 radical (unpaired) electrons. The molecule has 0 aromatic heterocycles. The lowest BCUT2D eigenvalue weighted by atomic mass is 10.1. The van der Waals surface area contributed by atoms with Gasteiger partial charge in [-0.05, 0) is 19.3 Å². The van der Waals surface area contributed by atoms with Crippen molar-refractivity contribution in [3.63, 3.8) is 0 Å². The van der Waals surface area contributed by atoms with Crippen LogP contribution >= 0.6 is 0 Å². The van der Waals surface area contributed by atoms with Gasteiger partial charge in [0.15, 0.2) is 0 Å². The number of carbonyl (C=O) groups excluding carboxylic acids is 2. The van der Waals surface area contributed by atoms with Gasteiger partial charge in [-0.3, -0.25) is 9.59 Å². The number of hydrogen-bond acceptors (Lipinski definition) is 4. The first-order valence-electron chi connectivity index (χ1n) is 7.01. The van der Waals surface area contributed by atoms with E-state index in [1.54, 1.807) is 0 Å². The second-order valence-corrected chi connectivity index (χ2v) is 7.40. The van der Waals surface area contributed by atoms with Crippen molar-refractivity contribution in [3.8, 4) is 0 Å². The molecular weight excluding hydrogens is 280 g/mol. The fourth-order valence-electron chi connectivity index (χ4n) is 2.16. The lowest BCUT2D eigenvalue weighted by Gasteiger charge is -2.15. The largest absolute Gasteiger partial charge is 0.343 e. The number of ketones is 1. The lowest BCUT2D eigenvalue weighted by molar-refractivity contribution is -0.132. The fourth-order valence-corrected chi connectivity index (χ4v) is 2.62. The summed E-state index contributed by atoms with van der Waals surface area (Å²) in [6.07, 6.45) is 4.62. The van der Waals surface area contributed by atoms with Gasteiger partial charge in [0.2, 0.25) is 15.9 Å². The molecule has 1 aliphatic rings. The average molecular weight is 304 g/mol. The quantitative estimate of drug-likeness (QED) is 0.659. The molecule has 0 atom stereocenters. The highest BCUT2D eigenvalue weighted by Gasteiger charge is 2.18. The molecule has 1 heterocycles. The fraction of sp³-hybridized carbons (Fsp3) is 0.846. The van der Waals surface area contributed by atoms with Crippen LogP contribution in [0, 0.1) is 0 Å². The van der Waals surface area contributed by atoms with E-state index in [9.17, 15) is 18.0 Å². The molecule has 7 heteroatoms. The molecule has 1 fully saturated rings. The number of amides is 1. The van der Waals surface area contributed by atoms with Gasteiger partial charge in [0.25, 0.3) is 0 Å². The molecule has 0 aliphatic carbocycles. The van der Waals surface area contributed by atoms with E-state index in [2.05, 4.69) is 0 Å². The van der Waals surface area contributed by atoms with Crippen LogP contribution in [0.4, 0.5) is 0 Å². The Morgan fingerprint density at radius 1 is 1.10 bits per heavy atom. The number of rotatable bonds is 8. The van der Waals surface area contributed by atoms with Crippen LogP contribution in [0.2, 0.25) is 0 Å². The summed E-state index contributed by atoms with van der Waals surface area (Å²) in [5, 5.41) is 0. The van der Waals surface area contributed by atoms with Gasteiger partial charge in [-0.2, -0.15) is 0 Å². The van der Waals surface area contributed by atoms with Crippen molar-refractivity contribution < 1.29 is 18.0 Å². The third kappa shape index (κ3) is 6.00. The Kier molecular flexibility index (Phi) is 6.61. The van der Waals surface area contributed by atoms with Crippen LogP contribution < -0.4 is 0 Å². The molecule has 1 saturated heterocycles. The summed E-state index contributed by atoms with van der Waals surface area (Å²) in [5.74, 6) is 0.0866. The predicted octanol–water partition coefficient (Wildman–Crippen LogP) is 0.630. The number of carbonyl (C=O) groups is 2. The Morgan fingerprint density at radius 3 is 2.25 bits per heavy atom. The Balaban J connectivity index is 2.16. The summed E-state index contributed by atoms with van der Waals surface area (Å²) in [4.78, 5) is 25.2. The molecule has 0 spiro atoms. The Bertz CT molecular complexity index is 441. The third-order valence-electron chi connectivity index (χ3n) is 3.57. The first-order chi connectivity index (χ1) is 9.30. The van der Waals surface area contributed by atoms with Gasteiger partial charge in [0.05, 0.1) is 6.26 Å². The third-order valence-corrected chi connectivity index (χ3v) is 4.89. The van der Waals surface area contributed by atoms with Crippen LogP contribution in [-0.4, -0.2) is 62.3 Å². The number of sulfonamides is 1. The predicted molar refractivity (Wildman–Crippen MR) is 76.8 cm³/mol. The summed E-state index contributed by atoms with van der Waals surface area (Å²) in [6.45, 7) is 1.96. The first kappa shape index (κ1) is 17.1. The zero-order valence-corrected chi connectivity index (χ0v) is 13.1. The van der Waals surface area contributed by atoms with E-state index in [-0.39, 0.29) is 24.5 Å². The van der Waals surface area contributed by atoms with Crippen molar-refractivity contribution in [1.82, 2.24) is 9.21 Å². The molecule has 1 amide bonds. The van der Waals surface area contributed by atoms with Gasteiger partial charge in [-0.1, -0.05) is 0 Å². The SMILES string of the molecule is CN(CCCC(=O)CCC(=O)N1CCCC1)S(C)(=O)=O. The minimum atomic E-state index is -3.18. The molecule has 0 bridgehead atoms. The van der Waals surface area contributed by atoms with Gasteiger partial charge in [0, 0.05) is 45.9 Å². The van der Waals surface area contributed by atoms with Gasteiger partial charge in [0.1, 0.15) is 5.78 Å². The van der Waals surface area contributed by atoms with Crippen LogP contribution in [0.5, 0.6) is 0 Å². The molecule has 6 nitrogen and oxygen atoms in total. The second kappa shape index (κ2) is 7.73. The molecule has 116 valence electrons. The van der Waals surface area contributed by atoms with Crippen molar-refractivity contribution in [3.05, 3.63) is 0 Å². The van der Waals surface area contributed by atoms with Crippen LogP contribution in [0.25, 0.3) is 0 Å². The van der Waals surface area contributed by atoms with E-state index in [0.717, 1.165) is 32.2 Å². The van der Waals surface area contributed by atoms with Gasteiger partial charge >= 0.3 is 0 Å². The summed E-state index contributed by atoms with van der Waals surface area (Å²) < 4.78 is 23.6. The van der Waals surface area contributed by atoms with Crippen molar-refractivity contribution in [2.24, 2.45) is 0 Å². The van der Waals surface area contributed by atoms with Crippen molar-refractivity contribution in [2.45, 2.75) is 38.5 Å². The van der Waals surface area contributed by atoms with E-state index in [1.807, 2.05) is 4.90 Å². The summed E-state index contributed by atoms with van der Waals surface area (Å²) in [6, 6.07) is 0. The molecule has 1 aliphatic heterocycles. The minimum Gasteiger partial charge on any atom is -0.343 e. The highest BCUT2D eigenvalue weighted by molar-refractivity contribution is 7.88. The number of hydrogen-bond donors (Lipinski definition) is 0. The van der Waals surface area contributed by atoms with E-state index in [1.165, 1.54) is 11.4 Å². The van der Waals surface area contributed by atoms with Crippen LogP contribution in [0.15, 0.2) is 0 Å². The smallest absolute Gasteiger partial charge is 0.223 e. The zero-order valence-electron chi connectivity index (χ0n) is 12.3. The Hall–Kier alpha value is -0.950. The number of nitrogens with zero attached hydrogens (tertiary/aromatic N) is 2. The monoisotopic (exact) mass is 304 g/mol. The van der Waals surface area contributed by atoms with Gasteiger partial charge in [-0.15, -0.1) is 0 Å². The number of Topliss-reactive ketones (excluding diaryl/α,β-unsaturated/α-hetero) is 1. The summed E-state index contributed by atoms with van der Waals surface area (Å²) in [5.41, 5.74) is 0. The van der Waals surface area contributed by atoms with Crippen LogP contribution in [0.3, 0.4) is 0 Å².